The molecule has 0 N–H and O–H groups in total. The van der Waals surface area contributed by atoms with Crippen LogP contribution in [0.3, 0.4) is 0 Å². The van der Waals surface area contributed by atoms with Crippen LogP contribution in [-0.2, 0) is 11.2 Å². The van der Waals surface area contributed by atoms with Crippen molar-refractivity contribution in [3.8, 4) is 16.9 Å². The first-order chi connectivity index (χ1) is 16.9. The smallest absolute Gasteiger partial charge is 0.341 e. The largest absolute Gasteiger partial charge is 0.491 e. The molecule has 0 radical (unpaired) electrons. The molecule has 184 valence electrons. The molecule has 1 fully saturated rings. The van der Waals surface area contributed by atoms with E-state index in [2.05, 4.69) is 0 Å². The molecule has 6 heteroatoms. The van der Waals surface area contributed by atoms with E-state index in [4.69, 9.17) is 9.47 Å². The minimum atomic E-state index is -1.20. The third-order valence-corrected chi connectivity index (χ3v) is 6.65. The SMILES string of the molecule is CCOc1ccc(C2CCC(OC(=O)c3ccc(-c4ccc(CC)cc4)c(F)c3F)CC2)cc1F. The fourth-order valence-electron chi connectivity index (χ4n) is 4.62. The number of ether oxygens (including phenoxy) is 2. The van der Waals surface area contributed by atoms with Crippen LogP contribution >= 0.6 is 0 Å². The molecule has 1 saturated carbocycles. The van der Waals surface area contributed by atoms with E-state index >= 15 is 0 Å². The summed E-state index contributed by atoms with van der Waals surface area (Å²) < 4.78 is 54.5. The zero-order chi connectivity index (χ0) is 24.9. The van der Waals surface area contributed by atoms with Crippen molar-refractivity contribution < 1.29 is 27.4 Å². The van der Waals surface area contributed by atoms with Crippen molar-refractivity contribution >= 4 is 5.97 Å². The van der Waals surface area contributed by atoms with E-state index in [1.807, 2.05) is 25.1 Å². The van der Waals surface area contributed by atoms with Gasteiger partial charge in [0.25, 0.3) is 0 Å². The monoisotopic (exact) mass is 482 g/mol. The number of carbonyl (C=O) groups is 1. The number of halogens is 3. The van der Waals surface area contributed by atoms with Crippen molar-refractivity contribution in [3.05, 3.63) is 88.7 Å². The highest BCUT2D eigenvalue weighted by Gasteiger charge is 2.28. The lowest BCUT2D eigenvalue weighted by atomic mass is 9.82. The highest BCUT2D eigenvalue weighted by Crippen LogP contribution is 2.36. The lowest BCUT2D eigenvalue weighted by Crippen LogP contribution is -2.24. The molecule has 0 saturated heterocycles. The van der Waals surface area contributed by atoms with E-state index in [1.165, 1.54) is 18.2 Å². The van der Waals surface area contributed by atoms with Crippen LogP contribution in [0.25, 0.3) is 11.1 Å². The minimum absolute atomic E-state index is 0.102. The first-order valence-corrected chi connectivity index (χ1v) is 12.1. The fourth-order valence-corrected chi connectivity index (χ4v) is 4.62. The summed E-state index contributed by atoms with van der Waals surface area (Å²) in [5, 5.41) is 0. The summed E-state index contributed by atoms with van der Waals surface area (Å²) in [6.45, 7) is 4.21. The van der Waals surface area contributed by atoms with Crippen LogP contribution in [0.15, 0.2) is 54.6 Å². The Labute approximate surface area is 203 Å². The molecule has 0 bridgehead atoms. The maximum absolute atomic E-state index is 14.8. The predicted molar refractivity (Wildman–Crippen MR) is 129 cm³/mol. The first kappa shape index (κ1) is 24.8. The molecule has 35 heavy (non-hydrogen) atoms. The van der Waals surface area contributed by atoms with Gasteiger partial charge < -0.3 is 9.47 Å². The van der Waals surface area contributed by atoms with E-state index in [-0.39, 0.29) is 23.0 Å². The Bertz CT molecular complexity index is 1180. The van der Waals surface area contributed by atoms with Gasteiger partial charge in [-0.2, -0.15) is 0 Å². The molecule has 3 aromatic carbocycles. The van der Waals surface area contributed by atoms with Crippen LogP contribution in [0.1, 0.15) is 66.9 Å². The van der Waals surface area contributed by atoms with Gasteiger partial charge in [-0.15, -0.1) is 0 Å². The van der Waals surface area contributed by atoms with Gasteiger partial charge >= 0.3 is 5.97 Å². The number of carbonyl (C=O) groups excluding carboxylic acids is 1. The summed E-state index contributed by atoms with van der Waals surface area (Å²) >= 11 is 0. The number of esters is 1. The van der Waals surface area contributed by atoms with E-state index < -0.39 is 29.3 Å². The van der Waals surface area contributed by atoms with Gasteiger partial charge in [0.1, 0.15) is 6.10 Å². The maximum Gasteiger partial charge on any atom is 0.341 e. The fraction of sp³-hybridized carbons (Fsp3) is 0.345. The highest BCUT2D eigenvalue weighted by molar-refractivity contribution is 5.90. The molecule has 0 amide bonds. The molecular formula is C29H29F3O3. The van der Waals surface area contributed by atoms with Crippen LogP contribution < -0.4 is 4.74 Å². The molecule has 0 aliphatic heterocycles. The quantitative estimate of drug-likeness (QED) is 0.325. The van der Waals surface area contributed by atoms with Gasteiger partial charge in [-0.25, -0.2) is 18.0 Å². The van der Waals surface area contributed by atoms with Crippen molar-refractivity contribution in [1.29, 1.82) is 0 Å². The van der Waals surface area contributed by atoms with Crippen molar-refractivity contribution in [3.63, 3.8) is 0 Å². The number of rotatable bonds is 7. The van der Waals surface area contributed by atoms with Crippen molar-refractivity contribution in [2.75, 3.05) is 6.61 Å². The lowest BCUT2D eigenvalue weighted by Gasteiger charge is -2.28. The molecule has 1 aliphatic rings. The summed E-state index contributed by atoms with van der Waals surface area (Å²) in [5.74, 6) is -3.15. The minimum Gasteiger partial charge on any atom is -0.491 e. The topological polar surface area (TPSA) is 35.5 Å². The van der Waals surface area contributed by atoms with E-state index in [0.717, 1.165) is 17.5 Å². The van der Waals surface area contributed by atoms with Gasteiger partial charge in [0.2, 0.25) is 0 Å². The molecule has 3 aromatic rings. The van der Waals surface area contributed by atoms with E-state index in [9.17, 15) is 18.0 Å². The zero-order valence-corrected chi connectivity index (χ0v) is 20.0. The first-order valence-electron chi connectivity index (χ1n) is 12.1. The standard InChI is InChI=1S/C29H29F3O3/c1-3-18-5-7-20(8-6-18)23-14-15-24(28(32)27(23)31)29(33)35-22-12-9-19(10-13-22)21-11-16-26(34-4-2)25(30)17-21/h5-8,11,14-17,19,22H,3-4,9-10,12-13H2,1-2H3. The normalized spacial score (nSPS) is 17.7. The van der Waals surface area contributed by atoms with Crippen molar-refractivity contribution in [2.24, 2.45) is 0 Å². The van der Waals surface area contributed by atoms with Crippen LogP contribution in [0.4, 0.5) is 13.2 Å². The Morgan fingerprint density at radius 3 is 2.23 bits per heavy atom. The van der Waals surface area contributed by atoms with Crippen LogP contribution in [0.2, 0.25) is 0 Å². The van der Waals surface area contributed by atoms with Gasteiger partial charge in [0.05, 0.1) is 12.2 Å². The van der Waals surface area contributed by atoms with Gasteiger partial charge in [0.15, 0.2) is 23.2 Å². The average Bonchev–Trinajstić information content (AvgIpc) is 2.87. The number of hydrogen-bond donors (Lipinski definition) is 0. The molecule has 1 aliphatic carbocycles. The Balaban J connectivity index is 1.39. The summed E-state index contributed by atoms with van der Waals surface area (Å²) in [5.41, 5.74) is 2.21. The molecule has 0 aromatic heterocycles. The summed E-state index contributed by atoms with van der Waals surface area (Å²) in [7, 11) is 0. The van der Waals surface area contributed by atoms with Crippen LogP contribution in [0, 0.1) is 17.5 Å². The Morgan fingerprint density at radius 2 is 1.60 bits per heavy atom. The van der Waals surface area contributed by atoms with Crippen molar-refractivity contribution in [2.45, 2.75) is 58.0 Å². The summed E-state index contributed by atoms with van der Waals surface area (Å²) in [4.78, 5) is 12.6. The summed E-state index contributed by atoms with van der Waals surface area (Å²) in [6, 6.07) is 14.9. The van der Waals surface area contributed by atoms with Gasteiger partial charge in [-0.1, -0.05) is 43.3 Å². The van der Waals surface area contributed by atoms with Crippen LogP contribution in [-0.4, -0.2) is 18.7 Å². The van der Waals surface area contributed by atoms with Gasteiger partial charge in [-0.05, 0) is 79.8 Å². The summed E-state index contributed by atoms with van der Waals surface area (Å²) in [6.07, 6.45) is 2.99. The third kappa shape index (κ3) is 5.53. The molecule has 3 nitrogen and oxygen atoms in total. The second kappa shape index (κ2) is 11.0. The molecule has 4 rings (SSSR count). The molecule has 0 heterocycles. The van der Waals surface area contributed by atoms with Gasteiger partial charge in [-0.3, -0.25) is 0 Å². The van der Waals surface area contributed by atoms with E-state index in [1.54, 1.807) is 25.1 Å². The molecule has 0 spiro atoms. The second-order valence-corrected chi connectivity index (χ2v) is 8.84. The third-order valence-electron chi connectivity index (χ3n) is 6.65. The molecule has 0 atom stereocenters. The zero-order valence-electron chi connectivity index (χ0n) is 20.0. The molecule has 0 unspecified atom stereocenters. The average molecular weight is 483 g/mol. The highest BCUT2D eigenvalue weighted by atomic mass is 19.2. The molecular weight excluding hydrogens is 453 g/mol. The predicted octanol–water partition coefficient (Wildman–Crippen LogP) is 7.62. The lowest BCUT2D eigenvalue weighted by molar-refractivity contribution is 0.0189. The maximum atomic E-state index is 14.8. The van der Waals surface area contributed by atoms with E-state index in [0.29, 0.717) is 37.9 Å². The Morgan fingerprint density at radius 1 is 0.886 bits per heavy atom. The second-order valence-electron chi connectivity index (χ2n) is 8.84. The Hall–Kier alpha value is -3.28. The van der Waals surface area contributed by atoms with Gasteiger partial charge in [0, 0.05) is 5.56 Å². The van der Waals surface area contributed by atoms with Crippen molar-refractivity contribution in [1.82, 2.24) is 0 Å². The number of hydrogen-bond acceptors (Lipinski definition) is 3. The number of aryl methyl sites for hydroxylation is 1. The number of benzene rings is 3. The van der Waals surface area contributed by atoms with Crippen LogP contribution in [0.5, 0.6) is 5.75 Å². The Kier molecular flexibility index (Phi) is 7.79.